The number of hydrogen-bond donors (Lipinski definition) is 5. The number of fused-ring (bicyclic) bond motifs is 1. The molecule has 0 radical (unpaired) electrons. The van der Waals surface area contributed by atoms with E-state index in [0.717, 1.165) is 45.7 Å². The highest BCUT2D eigenvalue weighted by molar-refractivity contribution is 7.13. The Labute approximate surface area is 401 Å². The summed E-state index contributed by atoms with van der Waals surface area (Å²) in [6.07, 6.45) is 4.09. The fourth-order valence-corrected chi connectivity index (χ4v) is 9.64. The summed E-state index contributed by atoms with van der Waals surface area (Å²) < 4.78 is 7.08. The van der Waals surface area contributed by atoms with E-state index >= 15 is 0 Å². The summed E-state index contributed by atoms with van der Waals surface area (Å²) in [6.45, 7) is 14.7. The molecular weight excluding hydrogens is 883 g/mol. The van der Waals surface area contributed by atoms with Gasteiger partial charge in [0.05, 0.1) is 47.0 Å². The van der Waals surface area contributed by atoms with E-state index in [4.69, 9.17) is 9.72 Å². The van der Waals surface area contributed by atoms with Gasteiger partial charge in [0.1, 0.15) is 23.5 Å². The van der Waals surface area contributed by atoms with Gasteiger partial charge in [-0.3, -0.25) is 28.4 Å². The number of β-amino-alcohol motifs (C(OH)–C–C–N with tert-alkyl or cyclic N) is 1. The van der Waals surface area contributed by atoms with E-state index in [1.54, 1.807) is 34.1 Å². The van der Waals surface area contributed by atoms with Crippen molar-refractivity contribution in [1.82, 2.24) is 35.2 Å². The molecule has 5 aromatic rings. The number of hydrogen-bond acceptors (Lipinski definition) is 12. The molecule has 4 atom stereocenters. The number of aliphatic hydroxyl groups excluding tert-OH is 1. The van der Waals surface area contributed by atoms with Crippen molar-refractivity contribution in [2.45, 2.75) is 111 Å². The Kier molecular flexibility index (Phi) is 16.3. The summed E-state index contributed by atoms with van der Waals surface area (Å²) in [5, 5.41) is 23.1. The van der Waals surface area contributed by atoms with Gasteiger partial charge in [0, 0.05) is 69.1 Å². The zero-order chi connectivity index (χ0) is 48.5. The maximum atomic E-state index is 14.1. The van der Waals surface area contributed by atoms with Crippen LogP contribution in [0.3, 0.4) is 0 Å². The van der Waals surface area contributed by atoms with Gasteiger partial charge in [0.15, 0.2) is 0 Å². The minimum absolute atomic E-state index is 0.00276. The summed E-state index contributed by atoms with van der Waals surface area (Å²) in [4.78, 5) is 81.4. The molecule has 362 valence electrons. The van der Waals surface area contributed by atoms with Crippen molar-refractivity contribution in [2.75, 3.05) is 49.6 Å². The van der Waals surface area contributed by atoms with Crippen LogP contribution in [0.1, 0.15) is 105 Å². The Morgan fingerprint density at radius 3 is 2.41 bits per heavy atom. The molecule has 68 heavy (non-hydrogen) atoms. The number of morpholine rings is 1. The molecular formula is C51H65N9O7S. The zero-order valence-electron chi connectivity index (χ0n) is 40.0. The predicted molar refractivity (Wildman–Crippen MR) is 265 cm³/mol. The smallest absolute Gasteiger partial charge is 0.259 e. The van der Waals surface area contributed by atoms with Gasteiger partial charge in [-0.2, -0.15) is 0 Å². The van der Waals surface area contributed by atoms with Crippen molar-refractivity contribution in [2.24, 2.45) is 5.41 Å². The molecule has 7 rings (SSSR count). The van der Waals surface area contributed by atoms with Crippen LogP contribution in [-0.4, -0.2) is 106 Å². The maximum Gasteiger partial charge on any atom is 0.259 e. The van der Waals surface area contributed by atoms with Gasteiger partial charge in [-0.1, -0.05) is 70.0 Å². The monoisotopic (exact) mass is 947 g/mol. The average molecular weight is 948 g/mol. The van der Waals surface area contributed by atoms with E-state index < -0.39 is 29.5 Å². The minimum atomic E-state index is -0.903. The molecule has 0 aliphatic carbocycles. The van der Waals surface area contributed by atoms with Gasteiger partial charge in [0.25, 0.3) is 11.5 Å². The molecule has 17 heteroatoms. The van der Waals surface area contributed by atoms with Crippen LogP contribution in [0.5, 0.6) is 0 Å². The van der Waals surface area contributed by atoms with Crippen LogP contribution in [0.2, 0.25) is 0 Å². The van der Waals surface area contributed by atoms with Gasteiger partial charge in [-0.05, 0) is 73.9 Å². The molecule has 0 spiro atoms. The molecule has 3 aromatic heterocycles. The fourth-order valence-electron chi connectivity index (χ4n) is 8.82. The van der Waals surface area contributed by atoms with Crippen LogP contribution < -0.4 is 31.7 Å². The molecule has 2 aliphatic rings. The number of pyridine rings is 1. The Morgan fingerprint density at radius 1 is 0.956 bits per heavy atom. The molecule has 2 saturated heterocycles. The van der Waals surface area contributed by atoms with Crippen molar-refractivity contribution >= 4 is 52.1 Å². The van der Waals surface area contributed by atoms with Crippen molar-refractivity contribution in [3.63, 3.8) is 0 Å². The summed E-state index contributed by atoms with van der Waals surface area (Å²) in [5.74, 6) is -0.611. The van der Waals surface area contributed by atoms with E-state index in [9.17, 15) is 29.1 Å². The van der Waals surface area contributed by atoms with Crippen LogP contribution in [0, 0.1) is 19.3 Å². The van der Waals surface area contributed by atoms with Crippen molar-refractivity contribution in [1.29, 1.82) is 0 Å². The van der Waals surface area contributed by atoms with Crippen molar-refractivity contribution in [3.05, 3.63) is 111 Å². The zero-order valence-corrected chi connectivity index (χ0v) is 40.8. The van der Waals surface area contributed by atoms with E-state index in [1.165, 1.54) is 4.90 Å². The second-order valence-corrected chi connectivity index (χ2v) is 19.8. The summed E-state index contributed by atoms with van der Waals surface area (Å²) in [7, 11) is 0. The Morgan fingerprint density at radius 2 is 1.69 bits per heavy atom. The number of thiazole rings is 1. The predicted octanol–water partition coefficient (Wildman–Crippen LogP) is 5.93. The number of aromatic nitrogens is 3. The number of likely N-dealkylation sites (tertiary alicyclic amines) is 1. The normalized spacial score (nSPS) is 17.2. The van der Waals surface area contributed by atoms with E-state index in [2.05, 4.69) is 31.2 Å². The number of ether oxygens (including phenoxy) is 1. The second kappa shape index (κ2) is 22.3. The molecule has 0 bridgehead atoms. The largest absolute Gasteiger partial charge is 0.391 e. The first kappa shape index (κ1) is 49.7. The number of amides is 4. The van der Waals surface area contributed by atoms with Gasteiger partial charge in [-0.25, -0.2) is 9.97 Å². The van der Waals surface area contributed by atoms with Crippen LogP contribution in [0.4, 0.5) is 11.5 Å². The third-order valence-corrected chi connectivity index (χ3v) is 13.6. The van der Waals surface area contributed by atoms with E-state index in [0.29, 0.717) is 68.4 Å². The van der Waals surface area contributed by atoms with Crippen LogP contribution in [-0.2, 0) is 25.7 Å². The number of benzene rings is 2. The standard InChI is InChI=1S/C51H65N9O7S/c1-32-25-39(47-56-42(27-44(63)60(47)29-32)58-21-23-67-24-22-58)33(2)55-40-14-11-10-13-38(40)48(64)52-20-12-8-7-9-15-43(62)57-46(51(4,5)6)50(66)59-30-37(61)26-41(59)49(65)53-28-35-16-18-36(19-17-35)45-34(3)54-31-68-45/h10-11,13-14,16-19,25,27,29,31,33,37,41,46,55,61H,7-9,12,15,20-24,26,28,30H2,1-6H3,(H,52,64)(H,53,65)(H,57,62)/t33?,37-,41+,46-/m1/s1. The van der Waals surface area contributed by atoms with Gasteiger partial charge in [0.2, 0.25) is 17.7 Å². The first-order valence-electron chi connectivity index (χ1n) is 23.6. The lowest BCUT2D eigenvalue weighted by Crippen LogP contribution is -2.57. The fraction of sp³-hybridized carbons (Fsp3) is 0.471. The molecule has 2 aromatic carbocycles. The number of carbonyl (C=O) groups is 4. The number of aryl methyl sites for hydroxylation is 2. The number of carbonyl (C=O) groups excluding carboxylic acids is 4. The lowest BCUT2D eigenvalue weighted by atomic mass is 9.85. The highest BCUT2D eigenvalue weighted by Gasteiger charge is 2.44. The van der Waals surface area contributed by atoms with Crippen molar-refractivity contribution in [3.8, 4) is 10.4 Å². The number of rotatable bonds is 18. The number of unbranched alkanes of at least 4 members (excludes halogenated alkanes) is 3. The van der Waals surface area contributed by atoms with Crippen LogP contribution >= 0.6 is 11.3 Å². The van der Waals surface area contributed by atoms with Gasteiger partial charge < -0.3 is 40.9 Å². The molecule has 0 saturated carbocycles. The Bertz CT molecular complexity index is 2640. The third-order valence-electron chi connectivity index (χ3n) is 12.6. The lowest BCUT2D eigenvalue weighted by molar-refractivity contribution is -0.144. The summed E-state index contributed by atoms with van der Waals surface area (Å²) in [6, 6.07) is 16.7. The first-order chi connectivity index (χ1) is 32.6. The summed E-state index contributed by atoms with van der Waals surface area (Å²) in [5.41, 5.74) is 7.36. The molecule has 2 fully saturated rings. The minimum Gasteiger partial charge on any atom is -0.391 e. The highest BCUT2D eigenvalue weighted by atomic mass is 32.1. The Balaban J connectivity index is 0.861. The molecule has 5 heterocycles. The van der Waals surface area contributed by atoms with Crippen LogP contribution in [0.25, 0.3) is 16.1 Å². The number of aliphatic hydroxyl groups is 1. The maximum absolute atomic E-state index is 14.1. The Hall–Kier alpha value is -6.17. The lowest BCUT2D eigenvalue weighted by Gasteiger charge is -2.35. The third kappa shape index (κ3) is 12.3. The van der Waals surface area contributed by atoms with Gasteiger partial charge in [-0.15, -0.1) is 11.3 Å². The van der Waals surface area contributed by atoms with Crippen molar-refractivity contribution < 1.29 is 29.0 Å². The van der Waals surface area contributed by atoms with Crippen LogP contribution in [0.15, 0.2) is 77.2 Å². The quantitative estimate of drug-likeness (QED) is 0.0653. The molecule has 16 nitrogen and oxygen atoms in total. The van der Waals surface area contributed by atoms with E-state index in [-0.39, 0.29) is 55.3 Å². The molecule has 5 N–H and O–H groups in total. The topological polar surface area (TPSA) is 200 Å². The summed E-state index contributed by atoms with van der Waals surface area (Å²) >= 11 is 1.57. The number of anilines is 2. The first-order valence-corrected chi connectivity index (χ1v) is 24.5. The molecule has 4 amide bonds. The molecule has 2 aliphatic heterocycles. The SMILES string of the molecule is Cc1cc(C(C)Nc2ccccc2C(=O)NCCCCCCC(=O)N[C@H](C(=O)N2C[C@H](O)C[C@H]2C(=O)NCc2ccc(-c3scnc3C)cc2)C(C)(C)C)c2nc(N3CCOCC3)cc(=O)n2c1. The highest BCUT2D eigenvalue weighted by Crippen LogP contribution is 2.30. The molecule has 1 unspecified atom stereocenters. The average Bonchev–Trinajstić information content (AvgIpc) is 3.94. The number of nitrogens with one attached hydrogen (secondary N) is 4. The van der Waals surface area contributed by atoms with E-state index in [1.807, 2.05) is 95.6 Å². The van der Waals surface area contributed by atoms with Gasteiger partial charge >= 0.3 is 0 Å². The number of nitrogens with zero attached hydrogens (tertiary/aromatic N) is 5. The number of para-hydroxylation sites is 1. The second-order valence-electron chi connectivity index (χ2n) is 19.0.